The number of amides is 1. The number of rotatable bonds is 1. The highest BCUT2D eigenvalue weighted by molar-refractivity contribution is 5.81. The molecule has 102 valence electrons. The molecule has 1 saturated carbocycles. The normalized spacial score (nSPS) is 42.3. The van der Waals surface area contributed by atoms with Gasteiger partial charge in [-0.2, -0.15) is 0 Å². The number of nitrogens with one attached hydrogen (secondary N) is 1. The number of likely N-dealkylation sites (tertiary alicyclic amines) is 1. The Kier molecular flexibility index (Phi) is 2.92. The van der Waals surface area contributed by atoms with Gasteiger partial charge in [-0.1, -0.05) is 20.3 Å². The molecule has 1 N–H and O–H groups in total. The lowest BCUT2D eigenvalue weighted by atomic mass is 9.81. The second kappa shape index (κ2) is 4.22. The highest BCUT2D eigenvalue weighted by atomic mass is 16.2. The lowest BCUT2D eigenvalue weighted by Gasteiger charge is -2.35. The fourth-order valence-corrected chi connectivity index (χ4v) is 4.51. The molecule has 18 heavy (non-hydrogen) atoms. The van der Waals surface area contributed by atoms with Gasteiger partial charge in [0, 0.05) is 31.1 Å². The summed E-state index contributed by atoms with van der Waals surface area (Å²) in [5, 5.41) is 3.45. The SMILES string of the molecule is CC1CC2CNCC2N1C(=O)C1CCCC1(C)C. The van der Waals surface area contributed by atoms with Gasteiger partial charge < -0.3 is 10.2 Å². The molecule has 4 atom stereocenters. The Bertz CT molecular complexity index is 352. The molecule has 2 heterocycles. The number of hydrogen-bond acceptors (Lipinski definition) is 2. The van der Waals surface area contributed by atoms with Gasteiger partial charge in [0.15, 0.2) is 0 Å². The molecule has 0 aromatic carbocycles. The highest BCUT2D eigenvalue weighted by Crippen LogP contribution is 2.45. The molecule has 0 bridgehead atoms. The first-order valence-corrected chi connectivity index (χ1v) is 7.53. The van der Waals surface area contributed by atoms with Gasteiger partial charge in [-0.15, -0.1) is 0 Å². The van der Waals surface area contributed by atoms with Gasteiger partial charge in [0.25, 0.3) is 0 Å². The van der Waals surface area contributed by atoms with Crippen molar-refractivity contribution in [2.45, 2.75) is 58.5 Å². The van der Waals surface area contributed by atoms with E-state index in [1.54, 1.807) is 0 Å². The topological polar surface area (TPSA) is 32.3 Å². The van der Waals surface area contributed by atoms with Crippen LogP contribution in [0.25, 0.3) is 0 Å². The summed E-state index contributed by atoms with van der Waals surface area (Å²) in [7, 11) is 0. The van der Waals surface area contributed by atoms with Crippen LogP contribution >= 0.6 is 0 Å². The maximum Gasteiger partial charge on any atom is 0.226 e. The van der Waals surface area contributed by atoms with E-state index in [9.17, 15) is 4.79 Å². The number of nitrogens with zero attached hydrogens (tertiary/aromatic N) is 1. The summed E-state index contributed by atoms with van der Waals surface area (Å²) in [6.07, 6.45) is 4.71. The van der Waals surface area contributed by atoms with Crippen LogP contribution < -0.4 is 5.32 Å². The van der Waals surface area contributed by atoms with E-state index in [0.717, 1.165) is 19.5 Å². The first kappa shape index (κ1) is 12.5. The molecular weight excluding hydrogens is 224 g/mol. The van der Waals surface area contributed by atoms with Crippen LogP contribution in [0.1, 0.15) is 46.5 Å². The van der Waals surface area contributed by atoms with Gasteiger partial charge in [-0.05, 0) is 37.5 Å². The van der Waals surface area contributed by atoms with Crippen LogP contribution in [-0.4, -0.2) is 36.0 Å². The molecule has 1 amide bonds. The first-order valence-electron chi connectivity index (χ1n) is 7.53. The molecule has 2 saturated heterocycles. The van der Waals surface area contributed by atoms with Crippen molar-refractivity contribution in [2.75, 3.05) is 13.1 Å². The van der Waals surface area contributed by atoms with E-state index in [1.165, 1.54) is 19.3 Å². The minimum Gasteiger partial charge on any atom is -0.335 e. The predicted molar refractivity (Wildman–Crippen MR) is 72.2 cm³/mol. The summed E-state index contributed by atoms with van der Waals surface area (Å²) in [4.78, 5) is 15.2. The van der Waals surface area contributed by atoms with Gasteiger partial charge in [0.2, 0.25) is 5.91 Å². The molecular formula is C15H26N2O. The zero-order chi connectivity index (χ0) is 12.9. The molecule has 3 nitrogen and oxygen atoms in total. The summed E-state index contributed by atoms with van der Waals surface area (Å²) < 4.78 is 0. The van der Waals surface area contributed by atoms with Gasteiger partial charge in [0.05, 0.1) is 0 Å². The van der Waals surface area contributed by atoms with Crippen molar-refractivity contribution < 1.29 is 4.79 Å². The Labute approximate surface area is 110 Å². The summed E-state index contributed by atoms with van der Waals surface area (Å²) >= 11 is 0. The minimum absolute atomic E-state index is 0.209. The summed E-state index contributed by atoms with van der Waals surface area (Å²) in [5.74, 6) is 1.41. The molecule has 2 aliphatic heterocycles. The van der Waals surface area contributed by atoms with E-state index in [4.69, 9.17) is 0 Å². The molecule has 3 fully saturated rings. The number of carbonyl (C=O) groups is 1. The monoisotopic (exact) mass is 250 g/mol. The quantitative estimate of drug-likeness (QED) is 0.772. The van der Waals surface area contributed by atoms with Crippen molar-refractivity contribution in [3.63, 3.8) is 0 Å². The summed E-state index contributed by atoms with van der Waals surface area (Å²) in [6, 6.07) is 0.926. The molecule has 3 rings (SSSR count). The number of hydrogen-bond donors (Lipinski definition) is 1. The standard InChI is InChI=1S/C15H26N2O/c1-10-7-11-8-16-9-13(11)17(10)14(18)12-5-4-6-15(12,2)3/h10-13,16H,4-9H2,1-3H3. The third-order valence-electron chi connectivity index (χ3n) is 5.59. The van der Waals surface area contributed by atoms with Crippen molar-refractivity contribution in [1.29, 1.82) is 0 Å². The molecule has 0 aromatic heterocycles. The third-order valence-corrected chi connectivity index (χ3v) is 5.59. The van der Waals surface area contributed by atoms with Crippen LogP contribution in [0.2, 0.25) is 0 Å². The lowest BCUT2D eigenvalue weighted by Crippen LogP contribution is -2.47. The Morgan fingerprint density at radius 1 is 1.33 bits per heavy atom. The molecule has 3 heteroatoms. The van der Waals surface area contributed by atoms with Crippen LogP contribution in [-0.2, 0) is 4.79 Å². The third kappa shape index (κ3) is 1.78. The van der Waals surface area contributed by atoms with E-state index in [2.05, 4.69) is 31.0 Å². The minimum atomic E-state index is 0.209. The maximum absolute atomic E-state index is 12.9. The number of fused-ring (bicyclic) bond motifs is 1. The summed E-state index contributed by atoms with van der Waals surface area (Å²) in [6.45, 7) is 8.89. The van der Waals surface area contributed by atoms with E-state index in [0.29, 0.717) is 23.9 Å². The zero-order valence-corrected chi connectivity index (χ0v) is 11.9. The van der Waals surface area contributed by atoms with Gasteiger partial charge in [-0.25, -0.2) is 0 Å². The Morgan fingerprint density at radius 3 is 2.78 bits per heavy atom. The second-order valence-corrected chi connectivity index (χ2v) is 7.25. The number of carbonyl (C=O) groups excluding carboxylic acids is 1. The first-order chi connectivity index (χ1) is 8.50. The van der Waals surface area contributed by atoms with Crippen molar-refractivity contribution in [3.8, 4) is 0 Å². The molecule has 1 aliphatic carbocycles. The molecule has 0 aromatic rings. The highest BCUT2D eigenvalue weighted by Gasteiger charge is 2.49. The largest absolute Gasteiger partial charge is 0.335 e. The van der Waals surface area contributed by atoms with Crippen LogP contribution in [0.5, 0.6) is 0 Å². The van der Waals surface area contributed by atoms with Gasteiger partial charge >= 0.3 is 0 Å². The van der Waals surface area contributed by atoms with Crippen LogP contribution in [0, 0.1) is 17.3 Å². The molecule has 4 unspecified atom stereocenters. The molecule has 0 radical (unpaired) electrons. The van der Waals surface area contributed by atoms with Gasteiger partial charge in [-0.3, -0.25) is 4.79 Å². The van der Waals surface area contributed by atoms with Gasteiger partial charge in [0.1, 0.15) is 0 Å². The van der Waals surface area contributed by atoms with Crippen molar-refractivity contribution >= 4 is 5.91 Å². The molecule has 0 spiro atoms. The van der Waals surface area contributed by atoms with Crippen molar-refractivity contribution in [2.24, 2.45) is 17.3 Å². The van der Waals surface area contributed by atoms with E-state index in [-0.39, 0.29) is 11.3 Å². The maximum atomic E-state index is 12.9. The van der Waals surface area contributed by atoms with E-state index in [1.807, 2.05) is 0 Å². The smallest absolute Gasteiger partial charge is 0.226 e. The predicted octanol–water partition coefficient (Wildman–Crippen LogP) is 2.02. The van der Waals surface area contributed by atoms with E-state index < -0.39 is 0 Å². The average Bonchev–Trinajstić information content (AvgIpc) is 2.91. The Morgan fingerprint density at radius 2 is 2.11 bits per heavy atom. The summed E-state index contributed by atoms with van der Waals surface area (Å²) in [5.41, 5.74) is 0.209. The zero-order valence-electron chi connectivity index (χ0n) is 11.9. The van der Waals surface area contributed by atoms with Crippen LogP contribution in [0.15, 0.2) is 0 Å². The fraction of sp³-hybridized carbons (Fsp3) is 0.933. The average molecular weight is 250 g/mol. The second-order valence-electron chi connectivity index (χ2n) is 7.25. The lowest BCUT2D eigenvalue weighted by molar-refractivity contribution is -0.141. The van der Waals surface area contributed by atoms with Crippen molar-refractivity contribution in [3.05, 3.63) is 0 Å². The Hall–Kier alpha value is -0.570. The van der Waals surface area contributed by atoms with Crippen LogP contribution in [0.3, 0.4) is 0 Å². The Balaban J connectivity index is 1.79. The molecule has 3 aliphatic rings. The van der Waals surface area contributed by atoms with Crippen molar-refractivity contribution in [1.82, 2.24) is 10.2 Å². The fourth-order valence-electron chi connectivity index (χ4n) is 4.51. The van der Waals surface area contributed by atoms with E-state index >= 15 is 0 Å². The van der Waals surface area contributed by atoms with Crippen LogP contribution in [0.4, 0.5) is 0 Å².